The lowest BCUT2D eigenvalue weighted by atomic mass is 10.1. The minimum Gasteiger partial charge on any atom is -0.482 e. The number of carbonyl (C=O) groups excluding carboxylic acids is 2. The normalized spacial score (nSPS) is 19.3. The third-order valence-electron chi connectivity index (χ3n) is 4.45. The maximum absolute atomic E-state index is 12.9. The zero-order chi connectivity index (χ0) is 18.1. The predicted molar refractivity (Wildman–Crippen MR) is 99.3 cm³/mol. The number of hydrogen-bond donors (Lipinski definition) is 1. The van der Waals surface area contributed by atoms with E-state index in [9.17, 15) is 9.59 Å². The van der Waals surface area contributed by atoms with Gasteiger partial charge in [0.05, 0.1) is 18.8 Å². The van der Waals surface area contributed by atoms with Gasteiger partial charge in [0.25, 0.3) is 11.8 Å². The highest BCUT2D eigenvalue weighted by Gasteiger charge is 2.27. The van der Waals surface area contributed by atoms with Gasteiger partial charge in [-0.05, 0) is 35.9 Å². The highest BCUT2D eigenvalue weighted by Crippen LogP contribution is 2.30. The molecule has 26 heavy (non-hydrogen) atoms. The number of nitrogens with one attached hydrogen (secondary N) is 1. The fourth-order valence-electron chi connectivity index (χ4n) is 3.11. The van der Waals surface area contributed by atoms with Gasteiger partial charge in [-0.25, -0.2) is 0 Å². The summed E-state index contributed by atoms with van der Waals surface area (Å²) in [5, 5.41) is 2.73. The number of halogens is 1. The number of morpholine rings is 1. The van der Waals surface area contributed by atoms with Crippen molar-refractivity contribution in [3.05, 3.63) is 58.1 Å². The van der Waals surface area contributed by atoms with Crippen LogP contribution < -0.4 is 10.1 Å². The van der Waals surface area contributed by atoms with E-state index in [0.717, 1.165) is 10.0 Å². The van der Waals surface area contributed by atoms with Gasteiger partial charge >= 0.3 is 0 Å². The van der Waals surface area contributed by atoms with Crippen LogP contribution in [0.15, 0.2) is 46.9 Å². The van der Waals surface area contributed by atoms with Crippen LogP contribution >= 0.6 is 15.9 Å². The van der Waals surface area contributed by atoms with Gasteiger partial charge in [-0.2, -0.15) is 0 Å². The summed E-state index contributed by atoms with van der Waals surface area (Å²) in [5.74, 6) is 0.276. The van der Waals surface area contributed by atoms with Crippen molar-refractivity contribution >= 4 is 33.4 Å². The predicted octanol–water partition coefficient (Wildman–Crippen LogP) is 2.99. The van der Waals surface area contributed by atoms with Crippen molar-refractivity contribution in [3.63, 3.8) is 0 Å². The molecular formula is C19H17BrN2O4. The minimum atomic E-state index is -0.219. The second kappa shape index (κ2) is 7.09. The number of amides is 2. The summed E-state index contributed by atoms with van der Waals surface area (Å²) in [6.45, 7) is 1.50. The Morgan fingerprint density at radius 1 is 1.19 bits per heavy atom. The molecule has 4 rings (SSSR count). The highest BCUT2D eigenvalue weighted by atomic mass is 79.9. The molecule has 7 heteroatoms. The van der Waals surface area contributed by atoms with Crippen LogP contribution in [0.1, 0.15) is 22.0 Å². The Balaban J connectivity index is 1.51. The minimum absolute atomic E-state index is 0.00136. The van der Waals surface area contributed by atoms with Crippen LogP contribution in [0.4, 0.5) is 5.69 Å². The van der Waals surface area contributed by atoms with Gasteiger partial charge in [-0.1, -0.05) is 28.1 Å². The molecule has 1 N–H and O–H groups in total. The molecule has 0 saturated carbocycles. The average Bonchev–Trinajstić information content (AvgIpc) is 2.67. The van der Waals surface area contributed by atoms with Crippen LogP contribution in [0, 0.1) is 0 Å². The second-order valence-corrected chi connectivity index (χ2v) is 7.13. The molecule has 0 unspecified atom stereocenters. The smallest absolute Gasteiger partial charge is 0.262 e. The first-order chi connectivity index (χ1) is 12.6. The SMILES string of the molecule is O=C1COc2ccc(C(=O)N3CCO[C@H](c4ccc(Br)cc4)C3)cc2N1. The van der Waals surface area contributed by atoms with E-state index in [1.54, 1.807) is 23.1 Å². The van der Waals surface area contributed by atoms with E-state index < -0.39 is 0 Å². The summed E-state index contributed by atoms with van der Waals surface area (Å²) in [7, 11) is 0. The van der Waals surface area contributed by atoms with Gasteiger partial charge in [-0.15, -0.1) is 0 Å². The summed E-state index contributed by atoms with van der Waals surface area (Å²) in [6, 6.07) is 13.0. The average molecular weight is 417 g/mol. The van der Waals surface area contributed by atoms with Gasteiger partial charge in [0.1, 0.15) is 11.9 Å². The summed E-state index contributed by atoms with van der Waals surface area (Å²) in [6.07, 6.45) is -0.151. The number of rotatable bonds is 2. The topological polar surface area (TPSA) is 67.9 Å². The van der Waals surface area contributed by atoms with Gasteiger partial charge in [0.2, 0.25) is 0 Å². The molecule has 2 aliphatic rings. The standard InChI is InChI=1S/C19H17BrN2O4/c20-14-4-1-12(2-5-14)17-10-22(7-8-25-17)19(24)13-3-6-16-15(9-13)21-18(23)11-26-16/h1-6,9,17H,7-8,10-11H2,(H,21,23)/t17-/m0/s1. The van der Waals surface area contributed by atoms with Crippen LogP contribution in [0.5, 0.6) is 5.75 Å². The number of ether oxygens (including phenoxy) is 2. The molecule has 0 aliphatic carbocycles. The van der Waals surface area contributed by atoms with Crippen LogP contribution in [0.2, 0.25) is 0 Å². The number of benzene rings is 2. The Morgan fingerprint density at radius 2 is 2.00 bits per heavy atom. The second-order valence-electron chi connectivity index (χ2n) is 6.21. The Labute approximate surface area is 159 Å². The maximum Gasteiger partial charge on any atom is 0.262 e. The fraction of sp³-hybridized carbons (Fsp3) is 0.263. The summed E-state index contributed by atoms with van der Waals surface area (Å²) >= 11 is 3.42. The van der Waals surface area contributed by atoms with E-state index in [2.05, 4.69) is 21.2 Å². The fourth-order valence-corrected chi connectivity index (χ4v) is 3.38. The molecular weight excluding hydrogens is 400 g/mol. The Bertz CT molecular complexity index is 853. The number of fused-ring (bicyclic) bond motifs is 1. The van der Waals surface area contributed by atoms with Crippen LogP contribution in [-0.4, -0.2) is 43.0 Å². The zero-order valence-electron chi connectivity index (χ0n) is 13.9. The van der Waals surface area contributed by atoms with Crippen LogP contribution in [0.3, 0.4) is 0 Å². The molecule has 2 amide bonds. The van der Waals surface area contributed by atoms with Gasteiger partial charge in [0.15, 0.2) is 6.61 Å². The molecule has 1 atom stereocenters. The molecule has 6 nitrogen and oxygen atoms in total. The quantitative estimate of drug-likeness (QED) is 0.816. The van der Waals surface area contributed by atoms with Crippen molar-refractivity contribution in [1.82, 2.24) is 4.90 Å². The molecule has 0 spiro atoms. The molecule has 2 aromatic carbocycles. The number of nitrogens with zero attached hydrogens (tertiary/aromatic N) is 1. The van der Waals surface area contributed by atoms with Crippen molar-refractivity contribution in [2.75, 3.05) is 31.6 Å². The van der Waals surface area contributed by atoms with E-state index in [0.29, 0.717) is 36.7 Å². The van der Waals surface area contributed by atoms with Crippen LogP contribution in [0.25, 0.3) is 0 Å². The van der Waals surface area contributed by atoms with Crippen molar-refractivity contribution in [3.8, 4) is 5.75 Å². The van der Waals surface area contributed by atoms with Crippen molar-refractivity contribution in [2.45, 2.75) is 6.10 Å². The van der Waals surface area contributed by atoms with Crippen molar-refractivity contribution < 1.29 is 19.1 Å². The van der Waals surface area contributed by atoms with Crippen LogP contribution in [-0.2, 0) is 9.53 Å². The molecule has 1 saturated heterocycles. The Kier molecular flexibility index (Phi) is 4.65. The summed E-state index contributed by atoms with van der Waals surface area (Å²) in [5.41, 5.74) is 2.09. The lowest BCUT2D eigenvalue weighted by Gasteiger charge is -2.33. The van der Waals surface area contributed by atoms with Crippen molar-refractivity contribution in [1.29, 1.82) is 0 Å². The maximum atomic E-state index is 12.9. The lowest BCUT2D eigenvalue weighted by Crippen LogP contribution is -2.42. The highest BCUT2D eigenvalue weighted by molar-refractivity contribution is 9.10. The zero-order valence-corrected chi connectivity index (χ0v) is 15.5. The van der Waals surface area contributed by atoms with E-state index >= 15 is 0 Å². The number of anilines is 1. The molecule has 1 fully saturated rings. The van der Waals surface area contributed by atoms with Gasteiger partial charge in [-0.3, -0.25) is 9.59 Å². The largest absolute Gasteiger partial charge is 0.482 e. The molecule has 2 heterocycles. The Hall–Kier alpha value is -2.38. The van der Waals surface area contributed by atoms with E-state index in [4.69, 9.17) is 9.47 Å². The first-order valence-electron chi connectivity index (χ1n) is 8.33. The molecule has 2 aliphatic heterocycles. The van der Waals surface area contributed by atoms with Gasteiger partial charge in [0, 0.05) is 16.6 Å². The first-order valence-corrected chi connectivity index (χ1v) is 9.12. The number of carbonyl (C=O) groups is 2. The van der Waals surface area contributed by atoms with E-state index in [1.165, 1.54) is 0 Å². The van der Waals surface area contributed by atoms with Gasteiger partial charge < -0.3 is 19.7 Å². The monoisotopic (exact) mass is 416 g/mol. The molecule has 134 valence electrons. The molecule has 0 bridgehead atoms. The first kappa shape index (κ1) is 17.1. The third-order valence-corrected chi connectivity index (χ3v) is 4.98. The summed E-state index contributed by atoms with van der Waals surface area (Å²) < 4.78 is 12.2. The van der Waals surface area contributed by atoms with Crippen molar-refractivity contribution in [2.24, 2.45) is 0 Å². The number of hydrogen-bond acceptors (Lipinski definition) is 4. The molecule has 0 radical (unpaired) electrons. The molecule has 2 aromatic rings. The third kappa shape index (κ3) is 3.45. The van der Waals surface area contributed by atoms with E-state index in [-0.39, 0.29) is 24.5 Å². The Morgan fingerprint density at radius 3 is 2.81 bits per heavy atom. The summed E-state index contributed by atoms with van der Waals surface area (Å²) in [4.78, 5) is 26.2. The molecule has 0 aromatic heterocycles. The lowest BCUT2D eigenvalue weighted by molar-refractivity contribution is -0.118. The van der Waals surface area contributed by atoms with E-state index in [1.807, 2.05) is 24.3 Å².